The lowest BCUT2D eigenvalue weighted by atomic mass is 10.2. The van der Waals surface area contributed by atoms with Gasteiger partial charge in [0.2, 0.25) is 0 Å². The van der Waals surface area contributed by atoms with E-state index in [1.54, 1.807) is 11.3 Å². The fraction of sp³-hybridized carbons (Fsp3) is 0.714. The molecule has 2 heterocycles. The zero-order chi connectivity index (χ0) is 15.1. The maximum atomic E-state index is 4.66. The third kappa shape index (κ3) is 5.39. The molecule has 2 N–H and O–H groups in total. The molecule has 1 aromatic heterocycles. The Labute approximate surface area is 135 Å². The molecule has 0 spiro atoms. The number of thiazole rings is 1. The maximum absolute atomic E-state index is 4.66. The average molecular weight is 328 g/mol. The Kier molecular flexibility index (Phi) is 6.63. The van der Waals surface area contributed by atoms with Gasteiger partial charge in [-0.05, 0) is 25.5 Å². The van der Waals surface area contributed by atoms with Crippen LogP contribution in [0.4, 0.5) is 5.13 Å². The number of hydrogen-bond donors (Lipinski definition) is 2. The highest BCUT2D eigenvalue weighted by atomic mass is 32.2. The molecule has 5 nitrogen and oxygen atoms in total. The summed E-state index contributed by atoms with van der Waals surface area (Å²) < 4.78 is 0. The lowest BCUT2D eigenvalue weighted by molar-refractivity contribution is 0.582. The van der Waals surface area contributed by atoms with E-state index in [0.717, 1.165) is 23.3 Å². The normalized spacial score (nSPS) is 19.4. The molecule has 1 aromatic rings. The molecule has 0 aliphatic carbocycles. The molecule has 1 aliphatic rings. The van der Waals surface area contributed by atoms with E-state index in [4.69, 9.17) is 0 Å². The smallest absolute Gasteiger partial charge is 0.191 e. The van der Waals surface area contributed by atoms with Crippen molar-refractivity contribution in [3.63, 3.8) is 0 Å². The average Bonchev–Trinajstić information content (AvgIpc) is 2.95. The van der Waals surface area contributed by atoms with Gasteiger partial charge in [0.25, 0.3) is 0 Å². The van der Waals surface area contributed by atoms with Gasteiger partial charge in [-0.3, -0.25) is 0 Å². The van der Waals surface area contributed by atoms with Crippen LogP contribution in [0.2, 0.25) is 0 Å². The topological polar surface area (TPSA) is 52.6 Å². The van der Waals surface area contributed by atoms with E-state index in [2.05, 4.69) is 32.9 Å². The van der Waals surface area contributed by atoms with Crippen LogP contribution in [0.1, 0.15) is 25.5 Å². The standard InChI is InChI=1S/C14H25N5S2/c1-4-15-13(17-11-6-5-7-20-9-11)16-8-12-10-21-14(18-12)19(2)3/h10-11H,4-9H2,1-3H3,(H2,15,16,17). The Bertz CT molecular complexity index is 452. The Hall–Kier alpha value is -0.950. The van der Waals surface area contributed by atoms with Crippen molar-refractivity contribution < 1.29 is 0 Å². The molecule has 1 atom stereocenters. The number of aliphatic imine (C=N–C) groups is 1. The summed E-state index contributed by atoms with van der Waals surface area (Å²) in [6, 6.07) is 0.536. The SMILES string of the molecule is CCNC(=NCc1csc(N(C)C)n1)NC1CCCSC1. The third-order valence-corrected chi connectivity index (χ3v) is 5.44. The van der Waals surface area contributed by atoms with Gasteiger partial charge < -0.3 is 15.5 Å². The lowest BCUT2D eigenvalue weighted by Gasteiger charge is -2.24. The van der Waals surface area contributed by atoms with Crippen molar-refractivity contribution >= 4 is 34.2 Å². The highest BCUT2D eigenvalue weighted by Gasteiger charge is 2.14. The summed E-state index contributed by atoms with van der Waals surface area (Å²) in [6.45, 7) is 3.60. The molecule has 118 valence electrons. The molecule has 0 amide bonds. The van der Waals surface area contributed by atoms with E-state index in [1.165, 1.54) is 24.3 Å². The molecular formula is C14H25N5S2. The van der Waals surface area contributed by atoms with E-state index in [9.17, 15) is 0 Å². The molecule has 1 unspecified atom stereocenters. The quantitative estimate of drug-likeness (QED) is 0.641. The molecular weight excluding hydrogens is 302 g/mol. The molecule has 1 fully saturated rings. The number of aromatic nitrogens is 1. The number of hydrogen-bond acceptors (Lipinski definition) is 5. The van der Waals surface area contributed by atoms with Gasteiger partial charge in [-0.2, -0.15) is 11.8 Å². The molecule has 0 aromatic carbocycles. The zero-order valence-corrected chi connectivity index (χ0v) is 14.7. The lowest BCUT2D eigenvalue weighted by Crippen LogP contribution is -2.45. The fourth-order valence-electron chi connectivity index (χ4n) is 2.10. The van der Waals surface area contributed by atoms with Gasteiger partial charge in [0, 0.05) is 37.8 Å². The first kappa shape index (κ1) is 16.4. The van der Waals surface area contributed by atoms with Crippen molar-refractivity contribution in [3.8, 4) is 0 Å². The van der Waals surface area contributed by atoms with Crippen molar-refractivity contribution in [1.29, 1.82) is 0 Å². The van der Waals surface area contributed by atoms with Gasteiger partial charge in [0.05, 0.1) is 12.2 Å². The van der Waals surface area contributed by atoms with Gasteiger partial charge in [-0.15, -0.1) is 11.3 Å². The second-order valence-electron chi connectivity index (χ2n) is 5.27. The Morgan fingerprint density at radius 1 is 1.52 bits per heavy atom. The summed E-state index contributed by atoms with van der Waals surface area (Å²) in [7, 11) is 4.02. The predicted octanol–water partition coefficient (Wildman–Crippen LogP) is 2.16. The molecule has 1 aliphatic heterocycles. The van der Waals surface area contributed by atoms with E-state index in [0.29, 0.717) is 12.6 Å². The molecule has 7 heteroatoms. The second kappa shape index (κ2) is 8.48. The highest BCUT2D eigenvalue weighted by Crippen LogP contribution is 2.19. The van der Waals surface area contributed by atoms with Crippen LogP contribution in [0.3, 0.4) is 0 Å². The zero-order valence-electron chi connectivity index (χ0n) is 13.1. The van der Waals surface area contributed by atoms with E-state index in [1.807, 2.05) is 30.8 Å². The van der Waals surface area contributed by atoms with E-state index in [-0.39, 0.29) is 0 Å². The Morgan fingerprint density at radius 3 is 3.00 bits per heavy atom. The van der Waals surface area contributed by atoms with Crippen molar-refractivity contribution in [2.45, 2.75) is 32.4 Å². The minimum Gasteiger partial charge on any atom is -0.357 e. The summed E-state index contributed by atoms with van der Waals surface area (Å²) in [5.41, 5.74) is 1.03. The van der Waals surface area contributed by atoms with Crippen LogP contribution in [0, 0.1) is 0 Å². The van der Waals surface area contributed by atoms with E-state index >= 15 is 0 Å². The Morgan fingerprint density at radius 2 is 2.38 bits per heavy atom. The fourth-order valence-corrected chi connectivity index (χ4v) is 3.92. The van der Waals surface area contributed by atoms with Gasteiger partial charge in [0.15, 0.2) is 11.1 Å². The summed E-state index contributed by atoms with van der Waals surface area (Å²) >= 11 is 3.68. The van der Waals surface area contributed by atoms with Crippen LogP contribution in [0.25, 0.3) is 0 Å². The van der Waals surface area contributed by atoms with Crippen molar-refractivity contribution in [1.82, 2.24) is 15.6 Å². The largest absolute Gasteiger partial charge is 0.357 e. The summed E-state index contributed by atoms with van der Waals surface area (Å²) in [4.78, 5) is 11.3. The first-order valence-electron chi connectivity index (χ1n) is 7.43. The maximum Gasteiger partial charge on any atom is 0.191 e. The number of anilines is 1. The van der Waals surface area contributed by atoms with Gasteiger partial charge >= 0.3 is 0 Å². The highest BCUT2D eigenvalue weighted by molar-refractivity contribution is 7.99. The first-order chi connectivity index (χ1) is 10.2. The Balaban J connectivity index is 1.92. The molecule has 21 heavy (non-hydrogen) atoms. The van der Waals surface area contributed by atoms with Crippen molar-refractivity contribution in [2.24, 2.45) is 4.99 Å². The van der Waals surface area contributed by atoms with Gasteiger partial charge in [-0.1, -0.05) is 0 Å². The van der Waals surface area contributed by atoms with Crippen LogP contribution in [0.15, 0.2) is 10.4 Å². The number of nitrogens with one attached hydrogen (secondary N) is 2. The van der Waals surface area contributed by atoms with Crippen molar-refractivity contribution in [3.05, 3.63) is 11.1 Å². The number of guanidine groups is 1. The number of nitrogens with zero attached hydrogens (tertiary/aromatic N) is 3. The van der Waals surface area contributed by atoms with Crippen LogP contribution in [-0.4, -0.2) is 49.1 Å². The third-order valence-electron chi connectivity index (χ3n) is 3.17. The first-order valence-corrected chi connectivity index (χ1v) is 9.46. The van der Waals surface area contributed by atoms with Crippen LogP contribution in [-0.2, 0) is 6.54 Å². The van der Waals surface area contributed by atoms with Crippen LogP contribution >= 0.6 is 23.1 Å². The predicted molar refractivity (Wildman–Crippen MR) is 94.7 cm³/mol. The minimum absolute atomic E-state index is 0.536. The minimum atomic E-state index is 0.536. The molecule has 0 radical (unpaired) electrons. The summed E-state index contributed by atoms with van der Waals surface area (Å²) in [5.74, 6) is 3.37. The van der Waals surface area contributed by atoms with Gasteiger partial charge in [0.1, 0.15) is 0 Å². The van der Waals surface area contributed by atoms with Crippen LogP contribution < -0.4 is 15.5 Å². The molecule has 0 bridgehead atoms. The van der Waals surface area contributed by atoms with E-state index < -0.39 is 0 Å². The van der Waals surface area contributed by atoms with Crippen molar-refractivity contribution in [2.75, 3.05) is 37.0 Å². The monoisotopic (exact) mass is 327 g/mol. The summed E-state index contributed by atoms with van der Waals surface area (Å²) in [5, 5.41) is 9.98. The van der Waals surface area contributed by atoms with Crippen LogP contribution in [0.5, 0.6) is 0 Å². The van der Waals surface area contributed by atoms with Gasteiger partial charge in [-0.25, -0.2) is 9.98 Å². The number of rotatable bonds is 5. The molecule has 1 saturated heterocycles. The second-order valence-corrected chi connectivity index (χ2v) is 7.26. The molecule has 0 saturated carbocycles. The molecule has 2 rings (SSSR count). The summed E-state index contributed by atoms with van der Waals surface area (Å²) in [6.07, 6.45) is 2.53. The number of thioether (sulfide) groups is 1.